The first-order valence-electron chi connectivity index (χ1n) is 13.5. The second-order valence-electron chi connectivity index (χ2n) is 8.87. The fourth-order valence-electron chi connectivity index (χ4n) is 3.14. The molecule has 14 nitrogen and oxygen atoms in total. The zero-order valence-electron chi connectivity index (χ0n) is 25.4. The Kier molecular flexibility index (Phi) is 18.7. The van der Waals surface area contributed by atoms with Gasteiger partial charge in [0.05, 0.1) is 58.5 Å². The largest absolute Gasteiger partial charge is 2.00 e. The molecule has 0 saturated carbocycles. The smallest absolute Gasteiger partial charge is 0.744 e. The van der Waals surface area contributed by atoms with Crippen LogP contribution in [0.2, 0.25) is 0 Å². The molecule has 2 rings (SSSR count). The molecule has 0 N–H and O–H groups in total. The second kappa shape index (κ2) is 20.1. The van der Waals surface area contributed by atoms with Gasteiger partial charge >= 0.3 is 46.9 Å². The summed E-state index contributed by atoms with van der Waals surface area (Å²) in [6.07, 6.45) is 2.30. The van der Waals surface area contributed by atoms with Crippen LogP contribution in [-0.4, -0.2) is 99.3 Å². The molecule has 0 unspecified atom stereocenters. The van der Waals surface area contributed by atoms with Gasteiger partial charge in [0.1, 0.15) is 20.2 Å². The van der Waals surface area contributed by atoms with E-state index in [2.05, 4.69) is 0 Å². The zero-order valence-corrected chi connectivity index (χ0v) is 28.4. The molecule has 17 heteroatoms. The summed E-state index contributed by atoms with van der Waals surface area (Å²) in [5, 5.41) is 0. The second-order valence-corrected chi connectivity index (χ2v) is 11.6. The standard InChI is InChI=1S/2C14H18O7S.Mg/c2*1-3-7-20-13(15)11-6-5-10(22(17,18)19)9-12(11)14(16)21-8-4-2;/h2*5-6,9H,3-4,7-8H2,1-2H3,(H,17,18,19);/q;;+2/p-2. The van der Waals surface area contributed by atoms with Crippen molar-refractivity contribution in [1.29, 1.82) is 0 Å². The monoisotopic (exact) mass is 682 g/mol. The van der Waals surface area contributed by atoms with Gasteiger partial charge in [0.25, 0.3) is 0 Å². The number of rotatable bonds is 14. The molecule has 0 spiro atoms. The van der Waals surface area contributed by atoms with E-state index in [1.807, 2.05) is 0 Å². The van der Waals surface area contributed by atoms with E-state index < -0.39 is 53.9 Å². The molecule has 244 valence electrons. The van der Waals surface area contributed by atoms with Gasteiger partial charge in [-0.3, -0.25) is 0 Å². The number of carbonyl (C=O) groups is 4. The van der Waals surface area contributed by atoms with E-state index in [0.29, 0.717) is 25.7 Å². The topological polar surface area (TPSA) is 220 Å². The molecule has 0 aromatic heterocycles. The van der Waals surface area contributed by atoms with E-state index in [-0.39, 0.29) is 71.7 Å². The minimum atomic E-state index is -4.75. The normalized spacial score (nSPS) is 10.8. The molecular weight excluding hydrogens is 649 g/mol. The SMILES string of the molecule is CCCOC(=O)c1ccc(S(=O)(=O)[O-])cc1C(=O)OCCC.CCCOC(=O)c1ccc(S(=O)(=O)[O-])cc1C(=O)OCCC.[Mg+2]. The maximum Gasteiger partial charge on any atom is 2.00 e. The summed E-state index contributed by atoms with van der Waals surface area (Å²) in [7, 11) is -9.50. The number of hydrogen-bond acceptors (Lipinski definition) is 14. The quantitative estimate of drug-likeness (QED) is 0.121. The fraction of sp³-hybridized carbons (Fsp3) is 0.429. The summed E-state index contributed by atoms with van der Waals surface area (Å²) >= 11 is 0. The van der Waals surface area contributed by atoms with Crippen molar-refractivity contribution in [3.05, 3.63) is 58.7 Å². The molecule has 45 heavy (non-hydrogen) atoms. The van der Waals surface area contributed by atoms with Gasteiger partial charge in [0.15, 0.2) is 0 Å². The molecule has 0 amide bonds. The predicted octanol–water partition coefficient (Wildman–Crippen LogP) is 3.07. The van der Waals surface area contributed by atoms with Crippen LogP contribution in [0.4, 0.5) is 0 Å². The van der Waals surface area contributed by atoms with Gasteiger partial charge in [-0.1, -0.05) is 27.7 Å². The Morgan fingerprint density at radius 3 is 0.978 bits per heavy atom. The first-order valence-corrected chi connectivity index (χ1v) is 16.3. The molecule has 0 atom stereocenters. The van der Waals surface area contributed by atoms with Crippen LogP contribution in [-0.2, 0) is 39.2 Å². The van der Waals surface area contributed by atoms with Crippen LogP contribution in [0.1, 0.15) is 94.8 Å². The van der Waals surface area contributed by atoms with Crippen LogP contribution in [0, 0.1) is 0 Å². The molecule has 0 aliphatic heterocycles. The Morgan fingerprint density at radius 2 is 0.756 bits per heavy atom. The van der Waals surface area contributed by atoms with Crippen molar-refractivity contribution in [3.8, 4) is 0 Å². The van der Waals surface area contributed by atoms with E-state index in [1.165, 1.54) is 0 Å². The van der Waals surface area contributed by atoms with E-state index in [1.54, 1.807) is 27.7 Å². The Balaban J connectivity index is 0.000000842. The van der Waals surface area contributed by atoms with Crippen LogP contribution in [0.3, 0.4) is 0 Å². The third-order valence-corrected chi connectivity index (χ3v) is 6.85. The Labute approximate surface area is 278 Å². The van der Waals surface area contributed by atoms with Gasteiger partial charge in [-0.05, 0) is 62.1 Å². The predicted molar refractivity (Wildman–Crippen MR) is 157 cm³/mol. The van der Waals surface area contributed by atoms with Crippen molar-refractivity contribution in [1.82, 2.24) is 0 Å². The Hall–Kier alpha value is -3.09. The van der Waals surface area contributed by atoms with Crippen LogP contribution >= 0.6 is 0 Å². The minimum Gasteiger partial charge on any atom is -0.744 e. The summed E-state index contributed by atoms with van der Waals surface area (Å²) in [6, 6.07) is 5.74. The van der Waals surface area contributed by atoms with E-state index >= 15 is 0 Å². The van der Waals surface area contributed by atoms with Crippen LogP contribution in [0.15, 0.2) is 46.2 Å². The van der Waals surface area contributed by atoms with Gasteiger partial charge in [0.2, 0.25) is 0 Å². The average Bonchev–Trinajstić information content (AvgIpc) is 2.98. The van der Waals surface area contributed by atoms with Crippen molar-refractivity contribution in [2.45, 2.75) is 63.2 Å². The van der Waals surface area contributed by atoms with Gasteiger partial charge in [-0.15, -0.1) is 0 Å². The molecule has 0 aliphatic carbocycles. The number of benzene rings is 2. The molecule has 0 fully saturated rings. The number of ether oxygens (including phenoxy) is 4. The van der Waals surface area contributed by atoms with Gasteiger partial charge in [-0.2, -0.15) is 0 Å². The molecule has 0 heterocycles. The minimum absolute atomic E-state index is 0. The molecular formula is C28H34MgO14S2. The Morgan fingerprint density at radius 1 is 0.511 bits per heavy atom. The van der Waals surface area contributed by atoms with Gasteiger partial charge in [0, 0.05) is 0 Å². The molecule has 0 bridgehead atoms. The molecule has 2 aromatic rings. The molecule has 2 aromatic carbocycles. The summed E-state index contributed by atoms with van der Waals surface area (Å²) < 4.78 is 85.9. The average molecular weight is 683 g/mol. The van der Waals surface area contributed by atoms with Crippen LogP contribution < -0.4 is 0 Å². The third-order valence-electron chi connectivity index (χ3n) is 5.19. The number of carbonyl (C=O) groups excluding carboxylic acids is 4. The van der Waals surface area contributed by atoms with Crippen LogP contribution in [0.5, 0.6) is 0 Å². The van der Waals surface area contributed by atoms with E-state index in [9.17, 15) is 45.1 Å². The Bertz CT molecular complexity index is 1420. The summed E-state index contributed by atoms with van der Waals surface area (Å²) in [6.45, 7) is 7.69. The first-order chi connectivity index (χ1) is 20.6. The summed E-state index contributed by atoms with van der Waals surface area (Å²) in [5.74, 6) is -3.31. The van der Waals surface area contributed by atoms with Gasteiger partial charge in [-0.25, -0.2) is 36.0 Å². The van der Waals surface area contributed by atoms with E-state index in [0.717, 1.165) is 36.4 Å². The van der Waals surface area contributed by atoms with Crippen molar-refractivity contribution in [2.24, 2.45) is 0 Å². The first kappa shape index (κ1) is 41.9. The molecule has 0 radical (unpaired) electrons. The van der Waals surface area contributed by atoms with Crippen molar-refractivity contribution >= 4 is 67.2 Å². The third kappa shape index (κ3) is 13.8. The number of esters is 4. The fourth-order valence-corrected chi connectivity index (χ4v) is 4.14. The van der Waals surface area contributed by atoms with Crippen molar-refractivity contribution in [2.75, 3.05) is 26.4 Å². The maximum absolute atomic E-state index is 12.0. The van der Waals surface area contributed by atoms with Crippen molar-refractivity contribution in [3.63, 3.8) is 0 Å². The van der Waals surface area contributed by atoms with E-state index in [4.69, 9.17) is 18.9 Å². The maximum atomic E-state index is 12.0. The van der Waals surface area contributed by atoms with Crippen LogP contribution in [0.25, 0.3) is 0 Å². The summed E-state index contributed by atoms with van der Waals surface area (Å²) in [5.41, 5.74) is -0.873. The zero-order chi connectivity index (χ0) is 33.5. The van der Waals surface area contributed by atoms with Crippen molar-refractivity contribution < 1.29 is 64.1 Å². The summed E-state index contributed by atoms with van der Waals surface area (Å²) in [4.78, 5) is 46.5. The molecule has 0 saturated heterocycles. The van der Waals surface area contributed by atoms with Gasteiger partial charge < -0.3 is 28.1 Å². The number of hydrogen-bond donors (Lipinski definition) is 0. The molecule has 0 aliphatic rings.